The van der Waals surface area contributed by atoms with E-state index in [1.807, 2.05) is 0 Å². The summed E-state index contributed by atoms with van der Waals surface area (Å²) in [6.07, 6.45) is 1.67. The summed E-state index contributed by atoms with van der Waals surface area (Å²) < 4.78 is 28.1. The lowest BCUT2D eigenvalue weighted by atomic mass is 10.2. The summed E-state index contributed by atoms with van der Waals surface area (Å²) in [6, 6.07) is 6.77. The van der Waals surface area contributed by atoms with E-state index in [1.165, 1.54) is 16.7 Å². The fourth-order valence-electron chi connectivity index (χ4n) is 1.46. The van der Waals surface area contributed by atoms with Crippen molar-refractivity contribution in [3.8, 4) is 0 Å². The first-order valence-corrected chi connectivity index (χ1v) is 5.94. The smallest absolute Gasteiger partial charge is 0.250 e. The standard InChI is InChI=1S/C12H8F2INO/c13-10-3-1-8(5-11(10)14)6-16-7-9(15)2-4-12(16)17/h1-5,7H,6H2. The van der Waals surface area contributed by atoms with E-state index in [4.69, 9.17) is 0 Å². The molecule has 2 nitrogen and oxygen atoms in total. The molecule has 0 saturated carbocycles. The Morgan fingerprint density at radius 1 is 1.12 bits per heavy atom. The highest BCUT2D eigenvalue weighted by Gasteiger charge is 2.04. The lowest BCUT2D eigenvalue weighted by Gasteiger charge is -2.06. The maximum Gasteiger partial charge on any atom is 0.250 e. The SMILES string of the molecule is O=c1ccc(I)cn1Cc1ccc(F)c(F)c1. The van der Waals surface area contributed by atoms with Crippen LogP contribution in [-0.4, -0.2) is 4.57 Å². The lowest BCUT2D eigenvalue weighted by molar-refractivity contribution is 0.506. The van der Waals surface area contributed by atoms with E-state index in [9.17, 15) is 13.6 Å². The Kier molecular flexibility index (Phi) is 3.56. The van der Waals surface area contributed by atoms with Gasteiger partial charge in [0.2, 0.25) is 0 Å². The third kappa shape index (κ3) is 2.91. The summed E-state index contributed by atoms with van der Waals surface area (Å²) in [5.74, 6) is -1.79. The van der Waals surface area contributed by atoms with E-state index in [2.05, 4.69) is 22.6 Å². The van der Waals surface area contributed by atoms with Gasteiger partial charge in [0.25, 0.3) is 5.56 Å². The van der Waals surface area contributed by atoms with Crippen LogP contribution in [0.25, 0.3) is 0 Å². The van der Waals surface area contributed by atoms with Crippen molar-refractivity contribution in [2.24, 2.45) is 0 Å². The average molecular weight is 347 g/mol. The van der Waals surface area contributed by atoms with Gasteiger partial charge in [0, 0.05) is 15.8 Å². The van der Waals surface area contributed by atoms with Crippen molar-refractivity contribution in [1.82, 2.24) is 4.57 Å². The summed E-state index contributed by atoms with van der Waals surface area (Å²) in [6.45, 7) is 0.229. The van der Waals surface area contributed by atoms with Crippen molar-refractivity contribution in [1.29, 1.82) is 0 Å². The number of benzene rings is 1. The monoisotopic (exact) mass is 347 g/mol. The third-order valence-corrected chi connectivity index (χ3v) is 2.92. The molecule has 88 valence electrons. The van der Waals surface area contributed by atoms with Crippen molar-refractivity contribution >= 4 is 22.6 Å². The molecule has 17 heavy (non-hydrogen) atoms. The zero-order valence-corrected chi connectivity index (χ0v) is 10.8. The largest absolute Gasteiger partial charge is 0.310 e. The van der Waals surface area contributed by atoms with Crippen LogP contribution in [0.4, 0.5) is 8.78 Å². The highest BCUT2D eigenvalue weighted by molar-refractivity contribution is 14.1. The predicted octanol–water partition coefficient (Wildman–Crippen LogP) is 2.78. The van der Waals surface area contributed by atoms with E-state index in [0.717, 1.165) is 15.7 Å². The van der Waals surface area contributed by atoms with Gasteiger partial charge < -0.3 is 4.57 Å². The summed E-state index contributed by atoms with van der Waals surface area (Å²) in [7, 11) is 0. The number of rotatable bonds is 2. The molecule has 0 bridgehead atoms. The van der Waals surface area contributed by atoms with Crippen LogP contribution in [0.3, 0.4) is 0 Å². The second-order valence-electron chi connectivity index (χ2n) is 3.56. The van der Waals surface area contributed by atoms with E-state index in [-0.39, 0.29) is 12.1 Å². The summed E-state index contributed by atoms with van der Waals surface area (Å²) in [5, 5.41) is 0. The molecule has 0 amide bonds. The fourth-order valence-corrected chi connectivity index (χ4v) is 1.98. The van der Waals surface area contributed by atoms with Gasteiger partial charge in [-0.05, 0) is 46.4 Å². The minimum absolute atomic E-state index is 0.171. The molecule has 0 aliphatic rings. The van der Waals surface area contributed by atoms with Crippen LogP contribution < -0.4 is 5.56 Å². The molecule has 2 rings (SSSR count). The maximum atomic E-state index is 13.0. The molecule has 0 N–H and O–H groups in total. The van der Waals surface area contributed by atoms with Crippen molar-refractivity contribution in [3.63, 3.8) is 0 Å². The fraction of sp³-hybridized carbons (Fsp3) is 0.0833. The normalized spacial score (nSPS) is 10.5. The van der Waals surface area contributed by atoms with Crippen LogP contribution in [0, 0.1) is 15.2 Å². The predicted molar refractivity (Wildman–Crippen MR) is 68.9 cm³/mol. The molecule has 5 heteroatoms. The maximum absolute atomic E-state index is 13.0. The second-order valence-corrected chi connectivity index (χ2v) is 4.81. The first kappa shape index (κ1) is 12.2. The highest BCUT2D eigenvalue weighted by Crippen LogP contribution is 2.10. The van der Waals surface area contributed by atoms with Gasteiger partial charge in [0.15, 0.2) is 11.6 Å². The van der Waals surface area contributed by atoms with Crippen LogP contribution in [-0.2, 0) is 6.54 Å². The van der Waals surface area contributed by atoms with Gasteiger partial charge in [-0.25, -0.2) is 8.78 Å². The zero-order valence-electron chi connectivity index (χ0n) is 8.66. The molecule has 0 unspecified atom stereocenters. The van der Waals surface area contributed by atoms with Gasteiger partial charge in [0.1, 0.15) is 0 Å². The van der Waals surface area contributed by atoms with E-state index >= 15 is 0 Å². The minimum atomic E-state index is -0.902. The van der Waals surface area contributed by atoms with E-state index < -0.39 is 11.6 Å². The Labute approximate surface area is 110 Å². The van der Waals surface area contributed by atoms with Crippen molar-refractivity contribution in [3.05, 3.63) is 67.7 Å². The van der Waals surface area contributed by atoms with Crippen LogP contribution >= 0.6 is 22.6 Å². The number of pyridine rings is 1. The summed E-state index contributed by atoms with van der Waals surface area (Å²) >= 11 is 2.08. The molecule has 1 heterocycles. The first-order valence-electron chi connectivity index (χ1n) is 4.86. The molecule has 0 spiro atoms. The van der Waals surface area contributed by atoms with Crippen molar-refractivity contribution in [2.75, 3.05) is 0 Å². The number of hydrogen-bond donors (Lipinski definition) is 0. The minimum Gasteiger partial charge on any atom is -0.310 e. The van der Waals surface area contributed by atoms with E-state index in [0.29, 0.717) is 5.56 Å². The van der Waals surface area contributed by atoms with Gasteiger partial charge in [0.05, 0.1) is 6.54 Å². The van der Waals surface area contributed by atoms with Crippen LogP contribution in [0.5, 0.6) is 0 Å². The Hall–Kier alpha value is -1.24. The van der Waals surface area contributed by atoms with E-state index in [1.54, 1.807) is 12.3 Å². The molecular formula is C12H8F2INO. The molecule has 0 fully saturated rings. The number of aromatic nitrogens is 1. The molecule has 0 atom stereocenters. The van der Waals surface area contributed by atoms with Crippen LogP contribution in [0.2, 0.25) is 0 Å². The molecular weight excluding hydrogens is 339 g/mol. The van der Waals surface area contributed by atoms with Crippen molar-refractivity contribution < 1.29 is 8.78 Å². The Bertz CT molecular complexity index is 610. The topological polar surface area (TPSA) is 22.0 Å². The highest BCUT2D eigenvalue weighted by atomic mass is 127. The molecule has 0 saturated heterocycles. The lowest BCUT2D eigenvalue weighted by Crippen LogP contribution is -2.19. The van der Waals surface area contributed by atoms with Crippen LogP contribution in [0.15, 0.2) is 41.3 Å². The Morgan fingerprint density at radius 2 is 1.88 bits per heavy atom. The Morgan fingerprint density at radius 3 is 2.59 bits per heavy atom. The number of halogens is 3. The quantitative estimate of drug-likeness (QED) is 0.766. The second kappa shape index (κ2) is 4.95. The van der Waals surface area contributed by atoms with Gasteiger partial charge in [-0.15, -0.1) is 0 Å². The summed E-state index contributed by atoms with van der Waals surface area (Å²) in [5.41, 5.74) is 0.378. The zero-order chi connectivity index (χ0) is 12.4. The van der Waals surface area contributed by atoms with Crippen LogP contribution in [0.1, 0.15) is 5.56 Å². The first-order chi connectivity index (χ1) is 8.06. The molecule has 2 aromatic rings. The summed E-state index contributed by atoms with van der Waals surface area (Å²) in [4.78, 5) is 11.5. The molecule has 0 aliphatic heterocycles. The molecule has 1 aromatic carbocycles. The molecule has 0 radical (unpaired) electrons. The van der Waals surface area contributed by atoms with Gasteiger partial charge in [-0.3, -0.25) is 4.79 Å². The van der Waals surface area contributed by atoms with Gasteiger partial charge in [-0.1, -0.05) is 6.07 Å². The number of nitrogens with zero attached hydrogens (tertiary/aromatic N) is 1. The average Bonchev–Trinajstić information content (AvgIpc) is 2.29. The van der Waals surface area contributed by atoms with Crippen molar-refractivity contribution in [2.45, 2.75) is 6.54 Å². The number of hydrogen-bond acceptors (Lipinski definition) is 1. The van der Waals surface area contributed by atoms with Gasteiger partial charge in [-0.2, -0.15) is 0 Å². The van der Waals surface area contributed by atoms with Gasteiger partial charge >= 0.3 is 0 Å². The molecule has 0 aliphatic carbocycles. The molecule has 1 aromatic heterocycles. The third-order valence-electron chi connectivity index (χ3n) is 2.28. The Balaban J connectivity index is 2.34.